The Bertz CT molecular complexity index is 603. The van der Waals surface area contributed by atoms with Gasteiger partial charge >= 0.3 is 0 Å². The molecule has 0 aliphatic heterocycles. The molecular formula is C17H19ClFNO. The van der Waals surface area contributed by atoms with E-state index in [9.17, 15) is 4.39 Å². The van der Waals surface area contributed by atoms with Crippen LogP contribution in [0.5, 0.6) is 5.75 Å². The van der Waals surface area contributed by atoms with Gasteiger partial charge in [0.05, 0.1) is 11.6 Å². The fourth-order valence-electron chi connectivity index (χ4n) is 2.12. The molecule has 0 saturated heterocycles. The van der Waals surface area contributed by atoms with Crippen LogP contribution in [0, 0.1) is 5.82 Å². The van der Waals surface area contributed by atoms with Gasteiger partial charge in [0.25, 0.3) is 0 Å². The average Bonchev–Trinajstić information content (AvgIpc) is 2.50. The number of benzene rings is 2. The van der Waals surface area contributed by atoms with Crippen LogP contribution < -0.4 is 10.5 Å². The van der Waals surface area contributed by atoms with Crippen LogP contribution in [0.25, 0.3) is 0 Å². The highest BCUT2D eigenvalue weighted by molar-refractivity contribution is 6.31. The highest BCUT2D eigenvalue weighted by Gasteiger charge is 2.12. The smallest absolute Gasteiger partial charge is 0.142 e. The predicted octanol–water partition coefficient (Wildman–Crippen LogP) is 4.51. The van der Waals surface area contributed by atoms with Gasteiger partial charge in [-0.25, -0.2) is 4.39 Å². The van der Waals surface area contributed by atoms with Gasteiger partial charge in [-0.05, 0) is 42.2 Å². The van der Waals surface area contributed by atoms with E-state index < -0.39 is 5.82 Å². The van der Waals surface area contributed by atoms with Gasteiger partial charge in [-0.2, -0.15) is 0 Å². The molecule has 1 unspecified atom stereocenters. The van der Waals surface area contributed by atoms with Crippen LogP contribution in [0.1, 0.15) is 30.5 Å². The predicted molar refractivity (Wildman–Crippen MR) is 84.3 cm³/mol. The lowest BCUT2D eigenvalue weighted by molar-refractivity contribution is 0.317. The van der Waals surface area contributed by atoms with E-state index >= 15 is 0 Å². The highest BCUT2D eigenvalue weighted by atomic mass is 35.5. The van der Waals surface area contributed by atoms with Crippen molar-refractivity contribution in [3.05, 3.63) is 64.4 Å². The Kier molecular flexibility index (Phi) is 5.59. The Morgan fingerprint density at radius 3 is 2.76 bits per heavy atom. The fourth-order valence-corrected chi connectivity index (χ4v) is 2.32. The number of hydrogen-bond donors (Lipinski definition) is 1. The molecular weight excluding hydrogens is 289 g/mol. The van der Waals surface area contributed by atoms with Gasteiger partial charge in [0.1, 0.15) is 11.6 Å². The molecule has 2 aromatic rings. The van der Waals surface area contributed by atoms with E-state index in [1.54, 1.807) is 12.1 Å². The van der Waals surface area contributed by atoms with Crippen LogP contribution in [0.4, 0.5) is 4.39 Å². The molecule has 4 heteroatoms. The van der Waals surface area contributed by atoms with Crippen molar-refractivity contribution in [2.24, 2.45) is 5.73 Å². The first-order chi connectivity index (χ1) is 10.1. The summed E-state index contributed by atoms with van der Waals surface area (Å²) in [7, 11) is 0. The second-order valence-electron chi connectivity index (χ2n) is 4.94. The fraction of sp³-hybridized carbons (Fsp3) is 0.294. The molecule has 2 aromatic carbocycles. The summed E-state index contributed by atoms with van der Waals surface area (Å²) in [6, 6.07) is 12.2. The van der Waals surface area contributed by atoms with E-state index in [0.717, 1.165) is 17.7 Å². The van der Waals surface area contributed by atoms with Crippen LogP contribution >= 0.6 is 11.6 Å². The van der Waals surface area contributed by atoms with E-state index in [4.69, 9.17) is 22.1 Å². The molecule has 2 N–H and O–H groups in total. The first kappa shape index (κ1) is 15.8. The van der Waals surface area contributed by atoms with E-state index in [2.05, 4.69) is 6.92 Å². The topological polar surface area (TPSA) is 35.2 Å². The first-order valence-corrected chi connectivity index (χ1v) is 7.41. The maximum atomic E-state index is 13.4. The zero-order valence-corrected chi connectivity index (χ0v) is 12.7. The molecule has 0 spiro atoms. The molecule has 0 aromatic heterocycles. The van der Waals surface area contributed by atoms with Gasteiger partial charge < -0.3 is 10.5 Å². The second-order valence-corrected chi connectivity index (χ2v) is 5.32. The van der Waals surface area contributed by atoms with Crippen LogP contribution in [-0.4, -0.2) is 6.61 Å². The zero-order chi connectivity index (χ0) is 15.2. The summed E-state index contributed by atoms with van der Waals surface area (Å²) >= 11 is 5.97. The van der Waals surface area contributed by atoms with Crippen molar-refractivity contribution in [3.63, 3.8) is 0 Å². The summed E-state index contributed by atoms with van der Waals surface area (Å²) in [5.41, 5.74) is 7.87. The van der Waals surface area contributed by atoms with Crippen molar-refractivity contribution in [2.45, 2.75) is 25.8 Å². The van der Waals surface area contributed by atoms with Crippen LogP contribution in [0.3, 0.4) is 0 Å². The van der Waals surface area contributed by atoms with Gasteiger partial charge in [-0.3, -0.25) is 0 Å². The lowest BCUT2D eigenvalue weighted by Crippen LogP contribution is -2.14. The van der Waals surface area contributed by atoms with E-state index in [1.165, 1.54) is 6.07 Å². The molecule has 2 rings (SSSR count). The molecule has 0 saturated carbocycles. The van der Waals surface area contributed by atoms with Gasteiger partial charge in [-0.1, -0.05) is 42.8 Å². The number of nitrogens with two attached hydrogens (primary N) is 1. The van der Waals surface area contributed by atoms with E-state index in [1.807, 2.05) is 24.3 Å². The maximum absolute atomic E-state index is 13.4. The Hall–Kier alpha value is -1.58. The number of rotatable bonds is 6. The minimum Gasteiger partial charge on any atom is -0.494 e. The third-order valence-electron chi connectivity index (χ3n) is 3.23. The number of ether oxygens (including phenoxy) is 1. The first-order valence-electron chi connectivity index (χ1n) is 7.03. The summed E-state index contributed by atoms with van der Waals surface area (Å²) < 4.78 is 19.0. The second kappa shape index (κ2) is 7.43. The molecule has 0 fully saturated rings. The molecule has 0 aliphatic rings. The van der Waals surface area contributed by atoms with E-state index in [-0.39, 0.29) is 11.1 Å². The summed E-state index contributed by atoms with van der Waals surface area (Å²) in [5.74, 6) is 0.386. The maximum Gasteiger partial charge on any atom is 0.142 e. The monoisotopic (exact) mass is 307 g/mol. The summed E-state index contributed by atoms with van der Waals surface area (Å²) in [5, 5.41) is 0.145. The molecule has 0 aliphatic carbocycles. The van der Waals surface area contributed by atoms with Crippen molar-refractivity contribution in [1.82, 2.24) is 0 Å². The number of halogens is 2. The third kappa shape index (κ3) is 4.19. The van der Waals surface area contributed by atoms with Crippen molar-refractivity contribution in [1.29, 1.82) is 0 Å². The molecule has 0 heterocycles. The van der Waals surface area contributed by atoms with E-state index in [0.29, 0.717) is 18.6 Å². The molecule has 1 atom stereocenters. The lowest BCUT2D eigenvalue weighted by Gasteiger charge is -2.15. The molecule has 21 heavy (non-hydrogen) atoms. The van der Waals surface area contributed by atoms with Gasteiger partial charge in [0.15, 0.2) is 0 Å². The van der Waals surface area contributed by atoms with Crippen molar-refractivity contribution >= 4 is 11.6 Å². The molecule has 0 bridgehead atoms. The van der Waals surface area contributed by atoms with Crippen LogP contribution in [0.15, 0.2) is 42.5 Å². The Morgan fingerprint density at radius 1 is 1.24 bits per heavy atom. The van der Waals surface area contributed by atoms with Crippen LogP contribution in [-0.2, 0) is 6.42 Å². The Morgan fingerprint density at radius 2 is 2.00 bits per heavy atom. The third-order valence-corrected chi connectivity index (χ3v) is 3.65. The summed E-state index contributed by atoms with van der Waals surface area (Å²) in [6.45, 7) is 2.73. The van der Waals surface area contributed by atoms with Gasteiger partial charge in [0.2, 0.25) is 0 Å². The average molecular weight is 308 g/mol. The molecule has 112 valence electrons. The summed E-state index contributed by atoms with van der Waals surface area (Å²) in [6.07, 6.45) is 1.43. The van der Waals surface area contributed by atoms with Crippen LogP contribution in [0.2, 0.25) is 5.02 Å². The lowest BCUT2D eigenvalue weighted by atomic mass is 9.99. The van der Waals surface area contributed by atoms with Crippen molar-refractivity contribution < 1.29 is 9.13 Å². The van der Waals surface area contributed by atoms with Crippen molar-refractivity contribution in [3.8, 4) is 5.75 Å². The largest absolute Gasteiger partial charge is 0.494 e. The molecule has 0 radical (unpaired) electrons. The highest BCUT2D eigenvalue weighted by Crippen LogP contribution is 2.26. The molecule has 2 nitrogen and oxygen atoms in total. The quantitative estimate of drug-likeness (QED) is 0.852. The Balaban J connectivity index is 2.12. The summed E-state index contributed by atoms with van der Waals surface area (Å²) in [4.78, 5) is 0. The minimum atomic E-state index is -0.415. The van der Waals surface area contributed by atoms with Crippen molar-refractivity contribution in [2.75, 3.05) is 6.61 Å². The van der Waals surface area contributed by atoms with Gasteiger partial charge in [-0.15, -0.1) is 0 Å². The Labute approximate surface area is 129 Å². The SMILES string of the molecule is CCCOc1cccc(C(N)Cc2cccc(F)c2Cl)c1. The minimum absolute atomic E-state index is 0.145. The van der Waals surface area contributed by atoms with Gasteiger partial charge in [0, 0.05) is 6.04 Å². The molecule has 0 amide bonds. The standard InChI is InChI=1S/C17H19ClFNO/c1-2-9-21-14-7-3-5-12(10-14)16(20)11-13-6-4-8-15(19)17(13)18/h3-8,10,16H,2,9,11,20H2,1H3. The normalized spacial score (nSPS) is 12.2. The number of hydrogen-bond acceptors (Lipinski definition) is 2. The zero-order valence-electron chi connectivity index (χ0n) is 12.0.